The lowest BCUT2D eigenvalue weighted by atomic mass is 10.1. The molecule has 0 heterocycles. The maximum absolute atomic E-state index is 13.2. The zero-order chi connectivity index (χ0) is 22.4. The first-order valence-corrected chi connectivity index (χ1v) is 11.0. The van der Waals surface area contributed by atoms with Crippen LogP contribution in [0.4, 0.5) is 5.69 Å². The smallest absolute Gasteiger partial charge is 0.264 e. The van der Waals surface area contributed by atoms with Crippen LogP contribution in [0.25, 0.3) is 0 Å². The lowest BCUT2D eigenvalue weighted by Gasteiger charge is -2.23. The van der Waals surface area contributed by atoms with Crippen LogP contribution in [0.1, 0.15) is 18.1 Å². The van der Waals surface area contributed by atoms with Crippen LogP contribution in [0.3, 0.4) is 0 Å². The van der Waals surface area contributed by atoms with Crippen LogP contribution < -0.4 is 9.73 Å². The standard InChI is InChI=1S/C23H23N3O4S/c1-17-12-14-19(15-13-17)26(31(29,30)20-8-4-3-5-9-20)16-23(28)25-24-18(2)21-10-6-7-11-22(21)27/h3-15,27H,16H2,1-2H3,(H,25,28). The monoisotopic (exact) mass is 437 g/mol. The molecule has 3 aromatic rings. The predicted octanol–water partition coefficient (Wildman–Crippen LogP) is 3.44. The minimum Gasteiger partial charge on any atom is -0.507 e. The fourth-order valence-corrected chi connectivity index (χ4v) is 4.34. The van der Waals surface area contributed by atoms with Crippen molar-refractivity contribution in [2.45, 2.75) is 18.7 Å². The van der Waals surface area contributed by atoms with Gasteiger partial charge in [-0.25, -0.2) is 13.8 Å². The van der Waals surface area contributed by atoms with Crippen molar-refractivity contribution in [3.63, 3.8) is 0 Å². The van der Waals surface area contributed by atoms with E-state index in [1.54, 1.807) is 67.6 Å². The van der Waals surface area contributed by atoms with Crippen LogP contribution >= 0.6 is 0 Å². The van der Waals surface area contributed by atoms with E-state index in [0.717, 1.165) is 9.87 Å². The molecule has 0 bridgehead atoms. The van der Waals surface area contributed by atoms with Crippen molar-refractivity contribution >= 4 is 27.3 Å². The van der Waals surface area contributed by atoms with Crippen molar-refractivity contribution in [3.05, 3.63) is 90.0 Å². The van der Waals surface area contributed by atoms with Gasteiger partial charge in [0.15, 0.2) is 0 Å². The molecule has 0 atom stereocenters. The summed E-state index contributed by atoms with van der Waals surface area (Å²) in [7, 11) is -3.98. The summed E-state index contributed by atoms with van der Waals surface area (Å²) in [6.45, 7) is 3.06. The summed E-state index contributed by atoms with van der Waals surface area (Å²) in [5.41, 5.74) is 4.56. The molecule has 2 N–H and O–H groups in total. The normalized spacial score (nSPS) is 11.7. The number of hydrazone groups is 1. The Morgan fingerprint density at radius 2 is 1.58 bits per heavy atom. The van der Waals surface area contributed by atoms with E-state index >= 15 is 0 Å². The fraction of sp³-hybridized carbons (Fsp3) is 0.130. The molecule has 0 radical (unpaired) electrons. The summed E-state index contributed by atoms with van der Waals surface area (Å²) in [4.78, 5) is 12.7. The first-order valence-electron chi connectivity index (χ1n) is 9.55. The maximum Gasteiger partial charge on any atom is 0.264 e. The lowest BCUT2D eigenvalue weighted by Crippen LogP contribution is -2.39. The Kier molecular flexibility index (Phi) is 6.71. The lowest BCUT2D eigenvalue weighted by molar-refractivity contribution is -0.119. The highest BCUT2D eigenvalue weighted by Crippen LogP contribution is 2.24. The second kappa shape index (κ2) is 9.44. The van der Waals surface area contributed by atoms with Gasteiger partial charge in [0.2, 0.25) is 0 Å². The summed E-state index contributed by atoms with van der Waals surface area (Å²) >= 11 is 0. The molecule has 0 aliphatic rings. The molecule has 0 saturated heterocycles. The molecule has 3 rings (SSSR count). The Bertz CT molecular complexity index is 1190. The molecule has 8 heteroatoms. The van der Waals surface area contributed by atoms with Crippen molar-refractivity contribution in [2.24, 2.45) is 5.10 Å². The molecule has 7 nitrogen and oxygen atoms in total. The first-order chi connectivity index (χ1) is 14.8. The molecule has 0 aliphatic carbocycles. The van der Waals surface area contributed by atoms with Gasteiger partial charge >= 0.3 is 0 Å². The topological polar surface area (TPSA) is 99.1 Å². The highest BCUT2D eigenvalue weighted by molar-refractivity contribution is 7.92. The van der Waals surface area contributed by atoms with Crippen LogP contribution in [-0.2, 0) is 14.8 Å². The molecule has 31 heavy (non-hydrogen) atoms. The third-order valence-electron chi connectivity index (χ3n) is 4.58. The van der Waals surface area contributed by atoms with E-state index < -0.39 is 22.5 Å². The number of rotatable bonds is 7. The fourth-order valence-electron chi connectivity index (χ4n) is 2.90. The number of aryl methyl sites for hydroxylation is 1. The number of phenols is 1. The van der Waals surface area contributed by atoms with Crippen LogP contribution in [0.5, 0.6) is 5.75 Å². The number of nitrogens with one attached hydrogen (secondary N) is 1. The average Bonchev–Trinajstić information content (AvgIpc) is 2.77. The molecule has 0 aliphatic heterocycles. The third kappa shape index (κ3) is 5.29. The van der Waals surface area contributed by atoms with E-state index in [-0.39, 0.29) is 10.6 Å². The van der Waals surface area contributed by atoms with Gasteiger partial charge in [0.1, 0.15) is 12.3 Å². The Labute approximate surface area is 181 Å². The van der Waals surface area contributed by atoms with Crippen molar-refractivity contribution in [2.75, 3.05) is 10.8 Å². The Morgan fingerprint density at radius 1 is 0.968 bits per heavy atom. The molecule has 0 unspecified atom stereocenters. The number of phenolic OH excluding ortho intramolecular Hbond substituents is 1. The quantitative estimate of drug-likeness (QED) is 0.437. The van der Waals surface area contributed by atoms with Crippen LogP contribution in [0.2, 0.25) is 0 Å². The van der Waals surface area contributed by atoms with Crippen molar-refractivity contribution < 1.29 is 18.3 Å². The molecular formula is C23H23N3O4S. The van der Waals surface area contributed by atoms with Gasteiger partial charge < -0.3 is 5.11 Å². The molecule has 0 spiro atoms. The number of para-hydroxylation sites is 1. The molecular weight excluding hydrogens is 414 g/mol. The van der Waals surface area contributed by atoms with E-state index in [0.29, 0.717) is 17.0 Å². The van der Waals surface area contributed by atoms with E-state index in [1.807, 2.05) is 6.92 Å². The Morgan fingerprint density at radius 3 is 2.23 bits per heavy atom. The van der Waals surface area contributed by atoms with Gasteiger partial charge in [-0.05, 0) is 50.2 Å². The number of anilines is 1. The molecule has 1 amide bonds. The molecule has 0 saturated carbocycles. The van der Waals surface area contributed by atoms with Gasteiger partial charge in [-0.1, -0.05) is 48.0 Å². The number of sulfonamides is 1. The van der Waals surface area contributed by atoms with E-state index in [9.17, 15) is 18.3 Å². The van der Waals surface area contributed by atoms with Crippen LogP contribution in [0, 0.1) is 6.92 Å². The summed E-state index contributed by atoms with van der Waals surface area (Å²) in [6, 6.07) is 21.4. The zero-order valence-electron chi connectivity index (χ0n) is 17.2. The molecule has 3 aromatic carbocycles. The predicted molar refractivity (Wildman–Crippen MR) is 121 cm³/mol. The Hall–Kier alpha value is -3.65. The van der Waals surface area contributed by atoms with Gasteiger partial charge in [-0.2, -0.15) is 5.10 Å². The van der Waals surface area contributed by atoms with Gasteiger partial charge in [0.05, 0.1) is 16.3 Å². The number of carbonyl (C=O) groups is 1. The van der Waals surface area contributed by atoms with Crippen LogP contribution in [-0.4, -0.2) is 31.7 Å². The van der Waals surface area contributed by atoms with Gasteiger partial charge in [-0.15, -0.1) is 0 Å². The molecule has 0 aromatic heterocycles. The van der Waals surface area contributed by atoms with Gasteiger partial charge in [0.25, 0.3) is 15.9 Å². The number of benzene rings is 3. The third-order valence-corrected chi connectivity index (χ3v) is 6.37. The highest BCUT2D eigenvalue weighted by Gasteiger charge is 2.27. The maximum atomic E-state index is 13.2. The summed E-state index contributed by atoms with van der Waals surface area (Å²) in [5.74, 6) is -0.583. The number of hydrogen-bond acceptors (Lipinski definition) is 5. The van der Waals surface area contributed by atoms with Crippen molar-refractivity contribution in [3.8, 4) is 5.75 Å². The van der Waals surface area contributed by atoms with Crippen molar-refractivity contribution in [1.29, 1.82) is 0 Å². The number of amides is 1. The number of nitrogens with zero attached hydrogens (tertiary/aromatic N) is 2. The molecule has 0 fully saturated rings. The number of aromatic hydroxyl groups is 1. The van der Waals surface area contributed by atoms with Crippen molar-refractivity contribution in [1.82, 2.24) is 5.43 Å². The minimum atomic E-state index is -3.98. The SMILES string of the molecule is CC(=NNC(=O)CN(c1ccc(C)cc1)S(=O)(=O)c1ccccc1)c1ccccc1O. The highest BCUT2D eigenvalue weighted by atomic mass is 32.2. The van der Waals surface area contributed by atoms with E-state index in [4.69, 9.17) is 0 Å². The number of carbonyl (C=O) groups excluding carboxylic acids is 1. The van der Waals surface area contributed by atoms with Crippen LogP contribution in [0.15, 0.2) is 88.9 Å². The zero-order valence-corrected chi connectivity index (χ0v) is 18.0. The van der Waals surface area contributed by atoms with Gasteiger partial charge in [0, 0.05) is 5.56 Å². The number of hydrogen-bond donors (Lipinski definition) is 2. The summed E-state index contributed by atoms with van der Waals surface area (Å²) in [5, 5.41) is 13.9. The Balaban J connectivity index is 1.87. The van der Waals surface area contributed by atoms with Gasteiger partial charge in [-0.3, -0.25) is 9.10 Å². The van der Waals surface area contributed by atoms with E-state index in [1.165, 1.54) is 18.2 Å². The minimum absolute atomic E-state index is 0.0333. The largest absolute Gasteiger partial charge is 0.507 e. The summed E-state index contributed by atoms with van der Waals surface area (Å²) < 4.78 is 27.5. The first kappa shape index (κ1) is 22.0. The van der Waals surface area contributed by atoms with E-state index in [2.05, 4.69) is 10.5 Å². The second-order valence-electron chi connectivity index (χ2n) is 6.91. The molecule has 160 valence electrons. The summed E-state index contributed by atoms with van der Waals surface area (Å²) in [6.07, 6.45) is 0. The second-order valence-corrected chi connectivity index (χ2v) is 8.77. The average molecular weight is 438 g/mol.